The van der Waals surface area contributed by atoms with Crippen LogP contribution in [0.2, 0.25) is 0 Å². The van der Waals surface area contributed by atoms with Crippen LogP contribution >= 0.6 is 0 Å². The van der Waals surface area contributed by atoms with Gasteiger partial charge < -0.3 is 10.6 Å². The number of nitrogens with one attached hydrogen (secondary N) is 2. The van der Waals surface area contributed by atoms with Crippen molar-refractivity contribution in [2.75, 3.05) is 30.3 Å². The Morgan fingerprint density at radius 1 is 1.00 bits per heavy atom. The zero-order valence-electron chi connectivity index (χ0n) is 16.5. The number of anilines is 2. The van der Waals surface area contributed by atoms with Gasteiger partial charge in [-0.25, -0.2) is 26.7 Å². The Kier molecular flexibility index (Phi) is 8.14. The molecular weight excluding hydrogens is 437 g/mol. The van der Waals surface area contributed by atoms with Crippen molar-refractivity contribution in [3.05, 3.63) is 53.8 Å². The van der Waals surface area contributed by atoms with Crippen LogP contribution < -0.4 is 15.8 Å². The minimum atomic E-state index is -3.94. The average Bonchev–Trinajstić information content (AvgIpc) is 2.68. The van der Waals surface area contributed by atoms with Crippen molar-refractivity contribution in [2.24, 2.45) is 5.14 Å². The largest absolute Gasteiger partial charge is 0.325 e. The predicted molar refractivity (Wildman–Crippen MR) is 108 cm³/mol. The number of halogens is 3. The van der Waals surface area contributed by atoms with Crippen LogP contribution in [0.3, 0.4) is 0 Å². The van der Waals surface area contributed by atoms with Gasteiger partial charge in [0.15, 0.2) is 17.5 Å². The lowest BCUT2D eigenvalue weighted by Gasteiger charge is -2.20. The summed E-state index contributed by atoms with van der Waals surface area (Å²) in [4.78, 5) is 25.8. The Morgan fingerprint density at radius 2 is 1.65 bits per heavy atom. The highest BCUT2D eigenvalue weighted by Gasteiger charge is 2.18. The molecule has 0 unspecified atom stereocenters. The summed E-state index contributed by atoms with van der Waals surface area (Å²) in [6.45, 7) is 1.59. The van der Waals surface area contributed by atoms with E-state index >= 15 is 0 Å². The molecule has 8 nitrogen and oxygen atoms in total. The lowest BCUT2D eigenvalue weighted by molar-refractivity contribution is -0.120. The molecule has 12 heteroatoms. The lowest BCUT2D eigenvalue weighted by atomic mass is 10.2. The third kappa shape index (κ3) is 7.05. The number of nitrogens with two attached hydrogens (primary N) is 1. The van der Waals surface area contributed by atoms with Gasteiger partial charge in [-0.05, 0) is 43.3 Å². The van der Waals surface area contributed by atoms with Gasteiger partial charge in [-0.1, -0.05) is 13.0 Å². The van der Waals surface area contributed by atoms with Gasteiger partial charge in [-0.15, -0.1) is 0 Å². The van der Waals surface area contributed by atoms with E-state index in [4.69, 9.17) is 5.14 Å². The first-order chi connectivity index (χ1) is 14.5. The third-order valence-corrected chi connectivity index (χ3v) is 4.94. The molecule has 4 N–H and O–H groups in total. The minimum Gasteiger partial charge on any atom is -0.325 e. The van der Waals surface area contributed by atoms with Crippen LogP contribution in [-0.4, -0.2) is 44.8 Å². The predicted octanol–water partition coefficient (Wildman–Crippen LogP) is 2.04. The molecule has 168 valence electrons. The Balaban J connectivity index is 2.01. The van der Waals surface area contributed by atoms with Crippen molar-refractivity contribution in [2.45, 2.75) is 18.2 Å². The summed E-state index contributed by atoms with van der Waals surface area (Å²) < 4.78 is 62.8. The lowest BCUT2D eigenvalue weighted by Crippen LogP contribution is -2.39. The molecule has 31 heavy (non-hydrogen) atoms. The molecule has 0 bridgehead atoms. The second-order valence-corrected chi connectivity index (χ2v) is 8.16. The Labute approximate surface area is 177 Å². The SMILES string of the molecule is CCCN(CC(=O)Nc1cccc(S(N)(=O)=O)c1)CC(=O)Nc1ccc(F)c(F)c1F. The van der Waals surface area contributed by atoms with E-state index in [-0.39, 0.29) is 23.7 Å². The highest BCUT2D eigenvalue weighted by Crippen LogP contribution is 2.19. The summed E-state index contributed by atoms with van der Waals surface area (Å²) in [5.41, 5.74) is -0.328. The van der Waals surface area contributed by atoms with Crippen molar-refractivity contribution >= 4 is 33.2 Å². The highest BCUT2D eigenvalue weighted by molar-refractivity contribution is 7.89. The number of hydrogen-bond acceptors (Lipinski definition) is 5. The molecule has 0 saturated carbocycles. The summed E-state index contributed by atoms with van der Waals surface area (Å²) in [7, 11) is -3.94. The van der Waals surface area contributed by atoms with Gasteiger partial charge in [0.1, 0.15) is 0 Å². The minimum absolute atomic E-state index is 0.177. The number of carbonyl (C=O) groups is 2. The summed E-state index contributed by atoms with van der Waals surface area (Å²) in [6.07, 6.45) is 0.584. The average molecular weight is 458 g/mol. The van der Waals surface area contributed by atoms with Gasteiger partial charge in [-0.2, -0.15) is 0 Å². The zero-order valence-corrected chi connectivity index (χ0v) is 17.3. The topological polar surface area (TPSA) is 122 Å². The molecule has 0 heterocycles. The standard InChI is InChI=1S/C19H21F3N4O4S/c1-2-8-26(11-17(28)25-15-7-6-14(20)18(21)19(15)22)10-16(27)24-12-4-3-5-13(9-12)31(23,29)30/h3-7,9H,2,8,10-11H2,1H3,(H,24,27)(H,25,28)(H2,23,29,30). The third-order valence-electron chi connectivity index (χ3n) is 4.03. The van der Waals surface area contributed by atoms with Gasteiger partial charge in [0, 0.05) is 5.69 Å². The Hall–Kier alpha value is -2.96. The van der Waals surface area contributed by atoms with E-state index in [1.165, 1.54) is 29.2 Å². The summed E-state index contributed by atoms with van der Waals surface area (Å²) in [6, 6.07) is 6.91. The first-order valence-electron chi connectivity index (χ1n) is 9.09. The quantitative estimate of drug-likeness (QED) is 0.497. The summed E-state index contributed by atoms with van der Waals surface area (Å²) in [5, 5.41) is 9.70. The van der Waals surface area contributed by atoms with Crippen LogP contribution in [0.4, 0.5) is 24.5 Å². The fourth-order valence-electron chi connectivity index (χ4n) is 2.70. The van der Waals surface area contributed by atoms with Gasteiger partial charge >= 0.3 is 0 Å². The maximum Gasteiger partial charge on any atom is 0.238 e. The number of carbonyl (C=O) groups excluding carboxylic acids is 2. The van der Waals surface area contributed by atoms with E-state index in [1.807, 2.05) is 6.92 Å². The molecule has 0 aliphatic carbocycles. The van der Waals surface area contributed by atoms with Gasteiger partial charge in [0.25, 0.3) is 0 Å². The molecule has 0 aromatic heterocycles. The number of primary sulfonamides is 1. The molecular formula is C19H21F3N4O4S. The molecule has 0 aliphatic rings. The van der Waals surface area contributed by atoms with Gasteiger partial charge in [0.2, 0.25) is 21.8 Å². The molecule has 2 aromatic rings. The molecule has 0 spiro atoms. The maximum absolute atomic E-state index is 13.7. The van der Waals surface area contributed by atoms with E-state index < -0.39 is 45.0 Å². The van der Waals surface area contributed by atoms with Crippen LogP contribution in [0, 0.1) is 17.5 Å². The Bertz CT molecular complexity index is 1080. The monoisotopic (exact) mass is 458 g/mol. The van der Waals surface area contributed by atoms with Crippen LogP contribution in [-0.2, 0) is 19.6 Å². The molecule has 0 fully saturated rings. The van der Waals surface area contributed by atoms with Crippen LogP contribution in [0.15, 0.2) is 41.3 Å². The van der Waals surface area contributed by atoms with Crippen molar-refractivity contribution in [3.8, 4) is 0 Å². The van der Waals surface area contributed by atoms with E-state index in [2.05, 4.69) is 10.6 Å². The van der Waals surface area contributed by atoms with Gasteiger partial charge in [0.05, 0.1) is 23.7 Å². The molecule has 0 atom stereocenters. The first kappa shape index (κ1) is 24.3. The smallest absolute Gasteiger partial charge is 0.238 e. The van der Waals surface area contributed by atoms with Crippen molar-refractivity contribution in [1.29, 1.82) is 0 Å². The van der Waals surface area contributed by atoms with Crippen molar-refractivity contribution in [1.82, 2.24) is 4.90 Å². The van der Waals surface area contributed by atoms with E-state index in [9.17, 15) is 31.2 Å². The fourth-order valence-corrected chi connectivity index (χ4v) is 3.26. The molecule has 0 saturated heterocycles. The van der Waals surface area contributed by atoms with Crippen LogP contribution in [0.5, 0.6) is 0 Å². The number of benzene rings is 2. The Morgan fingerprint density at radius 3 is 2.26 bits per heavy atom. The number of nitrogens with zero attached hydrogens (tertiary/aromatic N) is 1. The zero-order chi connectivity index (χ0) is 23.2. The van der Waals surface area contributed by atoms with E-state index in [0.717, 1.165) is 6.07 Å². The van der Waals surface area contributed by atoms with Gasteiger partial charge in [-0.3, -0.25) is 14.5 Å². The number of amides is 2. The molecule has 0 aliphatic heterocycles. The molecule has 0 radical (unpaired) electrons. The number of hydrogen-bond donors (Lipinski definition) is 3. The van der Waals surface area contributed by atoms with E-state index in [1.54, 1.807) is 0 Å². The maximum atomic E-state index is 13.7. The summed E-state index contributed by atoms with van der Waals surface area (Å²) >= 11 is 0. The van der Waals surface area contributed by atoms with Crippen molar-refractivity contribution in [3.63, 3.8) is 0 Å². The van der Waals surface area contributed by atoms with Crippen LogP contribution in [0.1, 0.15) is 13.3 Å². The first-order valence-corrected chi connectivity index (χ1v) is 10.6. The normalized spacial score (nSPS) is 11.4. The number of rotatable bonds is 9. The second-order valence-electron chi connectivity index (χ2n) is 6.60. The second kappa shape index (κ2) is 10.4. The summed E-state index contributed by atoms with van der Waals surface area (Å²) in [5.74, 6) is -5.88. The van der Waals surface area contributed by atoms with Crippen LogP contribution in [0.25, 0.3) is 0 Å². The van der Waals surface area contributed by atoms with E-state index in [0.29, 0.717) is 19.0 Å². The van der Waals surface area contributed by atoms with Crippen molar-refractivity contribution < 1.29 is 31.2 Å². The fraction of sp³-hybridized carbons (Fsp3) is 0.263. The highest BCUT2D eigenvalue weighted by atomic mass is 32.2. The molecule has 2 amide bonds. The number of sulfonamides is 1. The molecule has 2 aromatic carbocycles. The molecule has 2 rings (SSSR count).